The fourth-order valence-electron chi connectivity index (χ4n) is 1.22. The monoisotopic (exact) mass is 172 g/mol. The van der Waals surface area contributed by atoms with Crippen molar-refractivity contribution in [2.75, 3.05) is 31.6 Å². The van der Waals surface area contributed by atoms with Crippen LogP contribution >= 0.6 is 11.8 Å². The minimum Gasteiger partial charge on any atom is -0.310 e. The molecule has 1 heterocycles. The summed E-state index contributed by atoms with van der Waals surface area (Å²) in [4.78, 5) is 0. The van der Waals surface area contributed by atoms with Crippen LogP contribution in [0.25, 0.3) is 0 Å². The Hall–Kier alpha value is -0.150. The van der Waals surface area contributed by atoms with E-state index in [1.165, 1.54) is 11.5 Å². The van der Waals surface area contributed by atoms with E-state index in [2.05, 4.69) is 30.6 Å². The molecule has 0 unspecified atom stereocenters. The lowest BCUT2D eigenvalue weighted by atomic mass is 10.5. The highest BCUT2D eigenvalue weighted by molar-refractivity contribution is 7.99. The second-order valence-corrected chi connectivity index (χ2v) is 4.08. The average Bonchev–Trinajstić information content (AvgIpc) is 2.13. The predicted octanol–water partition coefficient (Wildman–Crippen LogP) is 1.42. The maximum atomic E-state index is 3.95. The van der Waals surface area contributed by atoms with Gasteiger partial charge < -0.3 is 5.01 Å². The first-order valence-electron chi connectivity index (χ1n) is 3.93. The lowest BCUT2D eigenvalue weighted by Crippen LogP contribution is -2.38. The summed E-state index contributed by atoms with van der Waals surface area (Å²) in [5, 5.41) is 4.50. The maximum absolute atomic E-state index is 3.95. The zero-order chi connectivity index (χ0) is 8.27. The first kappa shape index (κ1) is 8.94. The molecule has 0 aliphatic carbocycles. The quantitative estimate of drug-likeness (QED) is 0.590. The lowest BCUT2D eigenvalue weighted by Gasteiger charge is -2.31. The highest BCUT2D eigenvalue weighted by atomic mass is 32.2. The molecule has 0 amide bonds. The lowest BCUT2D eigenvalue weighted by molar-refractivity contribution is 0.0537. The van der Waals surface area contributed by atoms with Crippen molar-refractivity contribution in [2.24, 2.45) is 0 Å². The molecule has 0 saturated carbocycles. The Bertz CT molecular complexity index is 147. The minimum absolute atomic E-state index is 1.11. The summed E-state index contributed by atoms with van der Waals surface area (Å²) in [6.07, 6.45) is 0. The smallest absolute Gasteiger partial charge is 0.0433 e. The highest BCUT2D eigenvalue weighted by Crippen LogP contribution is 2.12. The molecule has 0 aromatic rings. The summed E-state index contributed by atoms with van der Waals surface area (Å²) in [6, 6.07) is 0. The Kier molecular flexibility index (Phi) is 3.27. The molecule has 0 bridgehead atoms. The summed E-state index contributed by atoms with van der Waals surface area (Å²) < 4.78 is 0. The van der Waals surface area contributed by atoms with Gasteiger partial charge in [0.15, 0.2) is 0 Å². The van der Waals surface area contributed by atoms with Gasteiger partial charge in [-0.2, -0.15) is 11.8 Å². The molecule has 1 aliphatic heterocycles. The fourth-order valence-corrected chi connectivity index (χ4v) is 2.12. The average molecular weight is 172 g/mol. The first-order valence-corrected chi connectivity index (χ1v) is 5.09. The van der Waals surface area contributed by atoms with E-state index < -0.39 is 0 Å². The number of rotatable bonds is 1. The van der Waals surface area contributed by atoms with Crippen LogP contribution in [0.5, 0.6) is 0 Å². The van der Waals surface area contributed by atoms with Crippen LogP contribution in [0.4, 0.5) is 0 Å². The molecule has 1 rings (SSSR count). The van der Waals surface area contributed by atoms with Crippen LogP contribution in [-0.4, -0.2) is 41.7 Å². The van der Waals surface area contributed by atoms with Crippen molar-refractivity contribution in [1.82, 2.24) is 10.0 Å². The molecule has 0 aromatic carbocycles. The summed E-state index contributed by atoms with van der Waals surface area (Å²) in [5.41, 5.74) is 1.15. The summed E-state index contributed by atoms with van der Waals surface area (Å²) in [5.74, 6) is 2.46. The van der Waals surface area contributed by atoms with E-state index >= 15 is 0 Å². The second kappa shape index (κ2) is 4.02. The van der Waals surface area contributed by atoms with Crippen molar-refractivity contribution in [3.05, 3.63) is 12.3 Å². The van der Waals surface area contributed by atoms with Gasteiger partial charge in [-0.3, -0.25) is 0 Å². The number of hydrogen-bond acceptors (Lipinski definition) is 3. The standard InChI is InChI=1S/C8H16N2S/c1-8(2)10-5-7-11-6-4-9(10)3/h1,4-7H2,2-3H3. The number of hydrogen-bond donors (Lipinski definition) is 0. The van der Waals surface area contributed by atoms with Crippen molar-refractivity contribution < 1.29 is 0 Å². The molecule has 1 saturated heterocycles. The van der Waals surface area contributed by atoms with E-state index in [1.807, 2.05) is 11.8 Å². The third-order valence-electron chi connectivity index (χ3n) is 1.86. The molecule has 0 N–H and O–H groups in total. The highest BCUT2D eigenvalue weighted by Gasteiger charge is 2.12. The normalized spacial score (nSPS) is 21.5. The summed E-state index contributed by atoms with van der Waals surface area (Å²) >= 11 is 2.02. The van der Waals surface area contributed by atoms with Gasteiger partial charge in [0.25, 0.3) is 0 Å². The molecule has 0 radical (unpaired) electrons. The number of hydrazine groups is 1. The SMILES string of the molecule is C=C(C)N1CCSCCN1C. The van der Waals surface area contributed by atoms with E-state index in [1.54, 1.807) is 0 Å². The van der Waals surface area contributed by atoms with Gasteiger partial charge in [-0.25, -0.2) is 5.01 Å². The van der Waals surface area contributed by atoms with Gasteiger partial charge in [0, 0.05) is 37.3 Å². The van der Waals surface area contributed by atoms with Crippen molar-refractivity contribution >= 4 is 11.8 Å². The Morgan fingerprint density at radius 1 is 1.36 bits per heavy atom. The third kappa shape index (κ3) is 2.42. The van der Waals surface area contributed by atoms with Crippen molar-refractivity contribution in [2.45, 2.75) is 6.92 Å². The van der Waals surface area contributed by atoms with E-state index in [0.29, 0.717) is 0 Å². The van der Waals surface area contributed by atoms with Crippen LogP contribution < -0.4 is 0 Å². The Labute approximate surface area is 73.2 Å². The van der Waals surface area contributed by atoms with E-state index in [4.69, 9.17) is 0 Å². The number of nitrogens with zero attached hydrogens (tertiary/aromatic N) is 2. The van der Waals surface area contributed by atoms with Gasteiger partial charge in [-0.15, -0.1) is 0 Å². The van der Waals surface area contributed by atoms with Crippen LogP contribution in [0.2, 0.25) is 0 Å². The summed E-state index contributed by atoms with van der Waals surface area (Å²) in [7, 11) is 2.13. The van der Waals surface area contributed by atoms with Crippen molar-refractivity contribution in [1.29, 1.82) is 0 Å². The maximum Gasteiger partial charge on any atom is 0.0433 e. The number of thioether (sulfide) groups is 1. The van der Waals surface area contributed by atoms with Crippen molar-refractivity contribution in [3.63, 3.8) is 0 Å². The zero-order valence-electron chi connectivity index (χ0n) is 7.34. The van der Waals surface area contributed by atoms with Gasteiger partial charge >= 0.3 is 0 Å². The third-order valence-corrected chi connectivity index (χ3v) is 2.80. The van der Waals surface area contributed by atoms with Gasteiger partial charge in [-0.1, -0.05) is 6.58 Å². The van der Waals surface area contributed by atoms with Gasteiger partial charge in [0.05, 0.1) is 0 Å². The fraction of sp³-hybridized carbons (Fsp3) is 0.750. The molecule has 0 atom stereocenters. The molecule has 1 aliphatic rings. The molecule has 1 fully saturated rings. The zero-order valence-corrected chi connectivity index (χ0v) is 8.15. The molecular weight excluding hydrogens is 156 g/mol. The molecule has 0 spiro atoms. The second-order valence-electron chi connectivity index (χ2n) is 2.85. The minimum atomic E-state index is 1.11. The number of allylic oxidation sites excluding steroid dienone is 1. The Balaban J connectivity index is 2.52. The van der Waals surface area contributed by atoms with Crippen LogP contribution in [0, 0.1) is 0 Å². The van der Waals surface area contributed by atoms with Gasteiger partial charge in [0.2, 0.25) is 0 Å². The van der Waals surface area contributed by atoms with E-state index in [-0.39, 0.29) is 0 Å². The van der Waals surface area contributed by atoms with E-state index in [9.17, 15) is 0 Å². The van der Waals surface area contributed by atoms with Crippen LogP contribution in [0.1, 0.15) is 6.92 Å². The molecular formula is C8H16N2S. The van der Waals surface area contributed by atoms with Crippen LogP contribution in [0.3, 0.4) is 0 Å². The largest absolute Gasteiger partial charge is 0.310 e. The van der Waals surface area contributed by atoms with Crippen molar-refractivity contribution in [3.8, 4) is 0 Å². The molecule has 3 heteroatoms. The topological polar surface area (TPSA) is 6.48 Å². The van der Waals surface area contributed by atoms with E-state index in [0.717, 1.165) is 18.8 Å². The molecule has 0 aromatic heterocycles. The van der Waals surface area contributed by atoms with Gasteiger partial charge in [-0.05, 0) is 6.92 Å². The molecule has 11 heavy (non-hydrogen) atoms. The van der Waals surface area contributed by atoms with Gasteiger partial charge in [0.1, 0.15) is 0 Å². The summed E-state index contributed by atoms with van der Waals surface area (Å²) in [6.45, 7) is 8.25. The Morgan fingerprint density at radius 3 is 2.64 bits per heavy atom. The van der Waals surface area contributed by atoms with Crippen LogP contribution in [0.15, 0.2) is 12.3 Å². The predicted molar refractivity (Wildman–Crippen MR) is 51.5 cm³/mol. The van der Waals surface area contributed by atoms with Crippen LogP contribution in [-0.2, 0) is 0 Å². The molecule has 64 valence electrons. The first-order chi connectivity index (χ1) is 5.22. The Morgan fingerprint density at radius 2 is 2.00 bits per heavy atom. The molecule has 2 nitrogen and oxygen atoms in total.